The summed E-state index contributed by atoms with van der Waals surface area (Å²) >= 11 is 3.33. The van der Waals surface area contributed by atoms with Crippen LogP contribution >= 0.6 is 15.9 Å². The van der Waals surface area contributed by atoms with Crippen LogP contribution in [0, 0.1) is 5.92 Å². The monoisotopic (exact) mass is 326 g/mol. The van der Waals surface area contributed by atoms with Gasteiger partial charge in [-0.25, -0.2) is 0 Å². The van der Waals surface area contributed by atoms with Crippen LogP contribution in [0.25, 0.3) is 0 Å². The largest absolute Gasteiger partial charge is 0.481 e. The van der Waals surface area contributed by atoms with Gasteiger partial charge in [0.05, 0.1) is 11.3 Å². The van der Waals surface area contributed by atoms with Gasteiger partial charge in [-0.05, 0) is 40.4 Å². The molecule has 1 aromatic carbocycles. The molecule has 0 aliphatic carbocycles. The van der Waals surface area contributed by atoms with Gasteiger partial charge in [0.25, 0.3) is 5.91 Å². The fourth-order valence-electron chi connectivity index (χ4n) is 2.49. The summed E-state index contributed by atoms with van der Waals surface area (Å²) in [6.07, 6.45) is 0.980. The summed E-state index contributed by atoms with van der Waals surface area (Å²) in [6, 6.07) is 5.46. The molecule has 0 bridgehead atoms. The normalized spacial score (nSPS) is 18.6. The molecule has 1 unspecified atom stereocenters. The highest BCUT2D eigenvalue weighted by Gasteiger charge is 2.27. The van der Waals surface area contributed by atoms with E-state index in [1.165, 1.54) is 0 Å². The van der Waals surface area contributed by atoms with E-state index in [1.807, 2.05) is 17.0 Å². The molecule has 3 N–H and O–H groups in total. The maximum Gasteiger partial charge on any atom is 0.303 e. The van der Waals surface area contributed by atoms with E-state index >= 15 is 0 Å². The molecule has 0 saturated carbocycles. The van der Waals surface area contributed by atoms with Crippen molar-refractivity contribution in [2.24, 2.45) is 11.7 Å². The van der Waals surface area contributed by atoms with Crippen molar-refractivity contribution < 1.29 is 14.7 Å². The molecule has 1 atom stereocenters. The van der Waals surface area contributed by atoms with Crippen molar-refractivity contribution in [1.82, 2.24) is 0 Å². The molecule has 1 amide bonds. The number of nitrogens with zero attached hydrogens (tertiary/aromatic N) is 1. The van der Waals surface area contributed by atoms with E-state index in [0.29, 0.717) is 16.6 Å². The zero-order valence-corrected chi connectivity index (χ0v) is 11.9. The summed E-state index contributed by atoms with van der Waals surface area (Å²) in [5.41, 5.74) is 6.64. The molecule has 1 aliphatic rings. The summed E-state index contributed by atoms with van der Waals surface area (Å²) in [5, 5.41) is 8.82. The Morgan fingerprint density at radius 1 is 1.47 bits per heavy atom. The highest BCUT2D eigenvalue weighted by Crippen LogP contribution is 2.32. The number of carbonyl (C=O) groups is 2. The summed E-state index contributed by atoms with van der Waals surface area (Å²) in [7, 11) is 0. The van der Waals surface area contributed by atoms with Crippen molar-refractivity contribution in [3.05, 3.63) is 28.2 Å². The summed E-state index contributed by atoms with van der Waals surface area (Å²) in [5.74, 6) is -1.14. The molecule has 5 nitrogen and oxygen atoms in total. The number of benzene rings is 1. The Labute approximate surface area is 119 Å². The molecule has 19 heavy (non-hydrogen) atoms. The van der Waals surface area contributed by atoms with Gasteiger partial charge < -0.3 is 15.7 Å². The standard InChI is InChI=1S/C13H15BrN2O3/c14-9-2-1-3-10(12(9)13(15)19)16-5-4-8(7-16)6-11(17)18/h1-3,8H,4-7H2,(H2,15,19)(H,17,18). The number of carboxylic acids is 1. The zero-order chi connectivity index (χ0) is 14.0. The van der Waals surface area contributed by atoms with E-state index in [4.69, 9.17) is 10.8 Å². The van der Waals surface area contributed by atoms with Gasteiger partial charge in [0.15, 0.2) is 0 Å². The van der Waals surface area contributed by atoms with Crippen LogP contribution in [0.15, 0.2) is 22.7 Å². The van der Waals surface area contributed by atoms with Crippen molar-refractivity contribution >= 4 is 33.5 Å². The molecule has 6 heteroatoms. The molecule has 0 aromatic heterocycles. The first-order valence-corrected chi connectivity index (χ1v) is 6.83. The third-order valence-electron chi connectivity index (χ3n) is 3.33. The number of halogens is 1. The van der Waals surface area contributed by atoms with Crippen LogP contribution in [0.2, 0.25) is 0 Å². The Balaban J connectivity index is 2.22. The number of primary amides is 1. The van der Waals surface area contributed by atoms with Gasteiger partial charge in [-0.1, -0.05) is 6.07 Å². The van der Waals surface area contributed by atoms with E-state index in [0.717, 1.165) is 18.7 Å². The van der Waals surface area contributed by atoms with E-state index in [-0.39, 0.29) is 12.3 Å². The number of carbonyl (C=O) groups excluding carboxylic acids is 1. The average Bonchev–Trinajstić information content (AvgIpc) is 2.75. The fraction of sp³-hybridized carbons (Fsp3) is 0.385. The smallest absolute Gasteiger partial charge is 0.303 e. The molecule has 1 heterocycles. The number of amides is 1. The Hall–Kier alpha value is -1.56. The minimum atomic E-state index is -0.781. The van der Waals surface area contributed by atoms with Gasteiger partial charge in [0, 0.05) is 24.0 Å². The molecule has 1 aliphatic heterocycles. The highest BCUT2D eigenvalue weighted by molar-refractivity contribution is 9.10. The number of aliphatic carboxylic acids is 1. The maximum atomic E-state index is 11.5. The molecule has 0 spiro atoms. The topological polar surface area (TPSA) is 83.6 Å². The minimum Gasteiger partial charge on any atom is -0.481 e. The average molecular weight is 327 g/mol. The molecule has 102 valence electrons. The fourth-order valence-corrected chi connectivity index (χ4v) is 3.04. The minimum absolute atomic E-state index is 0.122. The first-order chi connectivity index (χ1) is 8.99. The van der Waals surface area contributed by atoms with Crippen molar-refractivity contribution in [2.45, 2.75) is 12.8 Å². The Morgan fingerprint density at radius 2 is 2.21 bits per heavy atom. The molecule has 1 fully saturated rings. The number of nitrogens with two attached hydrogens (primary N) is 1. The van der Waals surface area contributed by atoms with Crippen molar-refractivity contribution in [3.8, 4) is 0 Å². The summed E-state index contributed by atoms with van der Waals surface area (Å²) < 4.78 is 0.666. The van der Waals surface area contributed by atoms with Crippen LogP contribution in [0.3, 0.4) is 0 Å². The van der Waals surface area contributed by atoms with E-state index in [2.05, 4.69) is 15.9 Å². The lowest BCUT2D eigenvalue weighted by Gasteiger charge is -2.21. The number of hydrogen-bond acceptors (Lipinski definition) is 3. The van der Waals surface area contributed by atoms with Crippen molar-refractivity contribution in [3.63, 3.8) is 0 Å². The van der Waals surface area contributed by atoms with Crippen molar-refractivity contribution in [2.75, 3.05) is 18.0 Å². The molecular weight excluding hydrogens is 312 g/mol. The second-order valence-corrected chi connectivity index (χ2v) is 5.55. The van der Waals surface area contributed by atoms with Crippen LogP contribution < -0.4 is 10.6 Å². The van der Waals surface area contributed by atoms with E-state index in [9.17, 15) is 9.59 Å². The van der Waals surface area contributed by atoms with Crippen LogP contribution in [-0.4, -0.2) is 30.1 Å². The number of anilines is 1. The predicted molar refractivity (Wildman–Crippen MR) is 75.2 cm³/mol. The Kier molecular flexibility index (Phi) is 4.09. The second kappa shape index (κ2) is 5.61. The lowest BCUT2D eigenvalue weighted by atomic mass is 10.1. The van der Waals surface area contributed by atoms with Gasteiger partial charge in [-0.15, -0.1) is 0 Å². The highest BCUT2D eigenvalue weighted by atomic mass is 79.9. The third kappa shape index (κ3) is 3.07. The van der Waals surface area contributed by atoms with Crippen LogP contribution in [-0.2, 0) is 4.79 Å². The quantitative estimate of drug-likeness (QED) is 0.884. The first-order valence-electron chi connectivity index (χ1n) is 6.04. The predicted octanol–water partition coefficient (Wildman–Crippen LogP) is 1.85. The third-order valence-corrected chi connectivity index (χ3v) is 3.99. The molecule has 1 saturated heterocycles. The molecule has 0 radical (unpaired) electrons. The van der Waals surface area contributed by atoms with Gasteiger partial charge in [0.2, 0.25) is 0 Å². The van der Waals surface area contributed by atoms with Crippen LogP contribution in [0.1, 0.15) is 23.2 Å². The number of rotatable bonds is 4. The lowest BCUT2D eigenvalue weighted by Crippen LogP contribution is -2.25. The van der Waals surface area contributed by atoms with Gasteiger partial charge >= 0.3 is 5.97 Å². The van der Waals surface area contributed by atoms with E-state index in [1.54, 1.807) is 6.07 Å². The van der Waals surface area contributed by atoms with Crippen LogP contribution in [0.4, 0.5) is 5.69 Å². The van der Waals surface area contributed by atoms with Gasteiger partial charge in [0.1, 0.15) is 0 Å². The van der Waals surface area contributed by atoms with E-state index < -0.39 is 11.9 Å². The Bertz CT molecular complexity index is 519. The molecular formula is C13H15BrN2O3. The summed E-state index contributed by atoms with van der Waals surface area (Å²) in [6.45, 7) is 1.39. The molecule has 2 rings (SSSR count). The number of carboxylic acid groups (broad SMARTS) is 1. The SMILES string of the molecule is NC(=O)c1c(Br)cccc1N1CCC(CC(=O)O)C1. The maximum absolute atomic E-state index is 11.5. The Morgan fingerprint density at radius 3 is 2.84 bits per heavy atom. The summed E-state index contributed by atoms with van der Waals surface area (Å²) in [4.78, 5) is 24.3. The lowest BCUT2D eigenvalue weighted by molar-refractivity contribution is -0.137. The first kappa shape index (κ1) is 13.9. The van der Waals surface area contributed by atoms with Crippen LogP contribution in [0.5, 0.6) is 0 Å². The zero-order valence-electron chi connectivity index (χ0n) is 10.3. The van der Waals surface area contributed by atoms with Gasteiger partial charge in [-0.3, -0.25) is 9.59 Å². The number of hydrogen-bond donors (Lipinski definition) is 2. The second-order valence-electron chi connectivity index (χ2n) is 4.70. The van der Waals surface area contributed by atoms with Gasteiger partial charge in [-0.2, -0.15) is 0 Å². The van der Waals surface area contributed by atoms with Crippen molar-refractivity contribution in [1.29, 1.82) is 0 Å². The molecule has 1 aromatic rings.